The normalized spacial score (nSPS) is 16.7. The van der Waals surface area contributed by atoms with E-state index >= 15 is 0 Å². The van der Waals surface area contributed by atoms with Crippen molar-refractivity contribution >= 4 is 63.1 Å². The molecule has 1 amide bonds. The van der Waals surface area contributed by atoms with E-state index in [0.717, 1.165) is 22.2 Å². The van der Waals surface area contributed by atoms with Crippen molar-refractivity contribution in [3.8, 4) is 0 Å². The molecule has 4 rings (SSSR count). The van der Waals surface area contributed by atoms with Crippen molar-refractivity contribution < 1.29 is 14.7 Å². The highest BCUT2D eigenvalue weighted by atomic mass is 35.5. The lowest BCUT2D eigenvalue weighted by atomic mass is 10.1. The third kappa shape index (κ3) is 3.54. The number of hydrogen-bond donors (Lipinski definition) is 2. The van der Waals surface area contributed by atoms with Crippen LogP contribution in [0, 0.1) is 6.92 Å². The number of amidine groups is 1. The summed E-state index contributed by atoms with van der Waals surface area (Å²) in [4.78, 5) is 28.6. The maximum absolute atomic E-state index is 12.5. The van der Waals surface area contributed by atoms with Gasteiger partial charge in [-0.2, -0.15) is 0 Å². The minimum atomic E-state index is -1.13. The molecule has 2 N–H and O–H groups in total. The smallest absolute Gasteiger partial charge is 0.337 e. The summed E-state index contributed by atoms with van der Waals surface area (Å²) in [5.41, 5.74) is 3.50. The number of hydrogen-bond acceptors (Lipinski definition) is 4. The van der Waals surface area contributed by atoms with Crippen LogP contribution in [0.4, 0.5) is 5.69 Å². The fraction of sp³-hybridized carbons (Fsp3) is 0.0952. The number of halogens is 1. The van der Waals surface area contributed by atoms with Gasteiger partial charge >= 0.3 is 5.97 Å². The summed E-state index contributed by atoms with van der Waals surface area (Å²) in [5.74, 6) is -1.37. The molecule has 0 unspecified atom stereocenters. The third-order valence-electron chi connectivity index (χ3n) is 4.79. The van der Waals surface area contributed by atoms with Crippen LogP contribution in [-0.4, -0.2) is 26.7 Å². The summed E-state index contributed by atoms with van der Waals surface area (Å²) in [5, 5.41) is 13.5. The summed E-state index contributed by atoms with van der Waals surface area (Å²) in [6.07, 6.45) is 1.87. The van der Waals surface area contributed by atoms with Gasteiger partial charge in [0, 0.05) is 29.2 Å². The second-order valence-electron chi connectivity index (χ2n) is 6.53. The molecule has 6 nitrogen and oxygen atoms in total. The van der Waals surface area contributed by atoms with Gasteiger partial charge in [0.05, 0.1) is 21.2 Å². The summed E-state index contributed by atoms with van der Waals surface area (Å²) >= 11 is 7.11. The topological polar surface area (TPSA) is 83.7 Å². The van der Waals surface area contributed by atoms with Gasteiger partial charge in [0.2, 0.25) is 0 Å². The lowest BCUT2D eigenvalue weighted by Gasteiger charge is -2.01. The van der Waals surface area contributed by atoms with E-state index in [1.807, 2.05) is 44.3 Å². The Hall–Kier alpha value is -3.03. The molecule has 146 valence electrons. The summed E-state index contributed by atoms with van der Waals surface area (Å²) in [6, 6.07) is 12.5. The zero-order valence-electron chi connectivity index (χ0n) is 15.6. The van der Waals surface area contributed by atoms with Crippen LogP contribution >= 0.6 is 23.4 Å². The predicted octanol–water partition coefficient (Wildman–Crippen LogP) is 4.73. The quantitative estimate of drug-likeness (QED) is 0.594. The Bertz CT molecular complexity index is 1240. The number of aromatic carboxylic acids is 1. The van der Waals surface area contributed by atoms with Gasteiger partial charge in [-0.1, -0.05) is 29.8 Å². The van der Waals surface area contributed by atoms with E-state index in [1.54, 1.807) is 6.07 Å². The monoisotopic (exact) mass is 425 g/mol. The number of aliphatic imine (C=N–C) groups is 1. The summed E-state index contributed by atoms with van der Waals surface area (Å²) in [6.45, 7) is 2.01. The van der Waals surface area contributed by atoms with Crippen molar-refractivity contribution in [1.82, 2.24) is 9.88 Å². The van der Waals surface area contributed by atoms with Crippen LogP contribution < -0.4 is 5.32 Å². The Kier molecular flexibility index (Phi) is 4.94. The molecular formula is C21H16ClN3O3S. The van der Waals surface area contributed by atoms with Crippen LogP contribution in [0.1, 0.15) is 21.6 Å². The molecule has 0 aliphatic carbocycles. The molecule has 29 heavy (non-hydrogen) atoms. The second-order valence-corrected chi connectivity index (χ2v) is 7.96. The molecule has 1 aliphatic rings. The molecule has 0 atom stereocenters. The number of carboxylic acids is 1. The second kappa shape index (κ2) is 7.42. The van der Waals surface area contributed by atoms with Crippen molar-refractivity contribution in [1.29, 1.82) is 0 Å². The average molecular weight is 426 g/mol. The Morgan fingerprint density at radius 2 is 2.03 bits per heavy atom. The van der Waals surface area contributed by atoms with Gasteiger partial charge < -0.3 is 15.0 Å². The van der Waals surface area contributed by atoms with Crippen LogP contribution in [-0.2, 0) is 11.8 Å². The minimum Gasteiger partial charge on any atom is -0.478 e. The molecule has 1 aromatic heterocycles. The largest absolute Gasteiger partial charge is 0.478 e. The molecule has 1 fully saturated rings. The van der Waals surface area contributed by atoms with Gasteiger partial charge in [-0.15, -0.1) is 0 Å². The number of aryl methyl sites for hydroxylation is 1. The predicted molar refractivity (Wildman–Crippen MR) is 117 cm³/mol. The van der Waals surface area contributed by atoms with Gasteiger partial charge in [0.25, 0.3) is 5.91 Å². The van der Waals surface area contributed by atoms with E-state index in [-0.39, 0.29) is 16.5 Å². The highest BCUT2D eigenvalue weighted by Crippen LogP contribution is 2.33. The number of thioether (sulfide) groups is 1. The van der Waals surface area contributed by atoms with Crippen LogP contribution in [0.15, 0.2) is 52.4 Å². The number of carbonyl (C=O) groups is 2. The maximum Gasteiger partial charge on any atom is 0.337 e. The van der Waals surface area contributed by atoms with Gasteiger partial charge in [-0.05, 0) is 49.0 Å². The number of nitrogens with zero attached hydrogens (tertiary/aromatic N) is 2. The molecule has 0 spiro atoms. The fourth-order valence-electron chi connectivity index (χ4n) is 3.21. The Balaban J connectivity index is 1.69. The van der Waals surface area contributed by atoms with E-state index in [2.05, 4.69) is 14.9 Å². The summed E-state index contributed by atoms with van der Waals surface area (Å²) < 4.78 is 2.09. The fourth-order valence-corrected chi connectivity index (χ4v) is 4.23. The van der Waals surface area contributed by atoms with Gasteiger partial charge in [0.15, 0.2) is 5.17 Å². The lowest BCUT2D eigenvalue weighted by Crippen LogP contribution is -2.19. The molecule has 3 aromatic rings. The number of para-hydroxylation sites is 1. The zero-order chi connectivity index (χ0) is 20.7. The number of carbonyl (C=O) groups excluding carboxylic acids is 1. The number of benzene rings is 2. The van der Waals surface area contributed by atoms with Gasteiger partial charge in [-0.3, -0.25) is 4.79 Å². The average Bonchev–Trinajstić information content (AvgIpc) is 3.15. The number of rotatable bonds is 3. The van der Waals surface area contributed by atoms with E-state index in [4.69, 9.17) is 11.6 Å². The van der Waals surface area contributed by atoms with Crippen LogP contribution in [0.25, 0.3) is 17.0 Å². The molecule has 0 radical (unpaired) electrons. The minimum absolute atomic E-state index is 0.0371. The Morgan fingerprint density at radius 1 is 1.28 bits per heavy atom. The number of carboxylic acid groups (broad SMARTS) is 1. The first-order chi connectivity index (χ1) is 13.8. The third-order valence-corrected chi connectivity index (χ3v) is 6.03. The molecule has 2 aromatic carbocycles. The number of nitrogens with one attached hydrogen (secondary N) is 1. The van der Waals surface area contributed by atoms with E-state index in [1.165, 1.54) is 23.9 Å². The Labute approximate surface area is 175 Å². The summed E-state index contributed by atoms with van der Waals surface area (Å²) in [7, 11) is 2.00. The number of aromatic nitrogens is 1. The highest BCUT2D eigenvalue weighted by molar-refractivity contribution is 8.18. The first-order valence-corrected chi connectivity index (χ1v) is 9.91. The number of amides is 1. The molecule has 0 bridgehead atoms. The molecule has 8 heteroatoms. The standard InChI is InChI=1S/C21H16ClN3O3S/c1-11-14(13-5-3-4-6-17(13)25(11)2)10-18-19(26)24-21(29-18)23-12-7-8-16(22)15(9-12)20(27)28/h3-10H,1-2H3,(H,27,28)(H,23,24,26). The van der Waals surface area contributed by atoms with Crippen molar-refractivity contribution in [3.05, 3.63) is 69.2 Å². The number of fused-ring (bicyclic) bond motifs is 1. The van der Waals surface area contributed by atoms with Crippen LogP contribution in [0.5, 0.6) is 0 Å². The molecule has 0 saturated carbocycles. The van der Waals surface area contributed by atoms with Crippen molar-refractivity contribution in [3.63, 3.8) is 0 Å². The molecule has 1 saturated heterocycles. The molecule has 2 heterocycles. The van der Waals surface area contributed by atoms with Gasteiger partial charge in [-0.25, -0.2) is 9.79 Å². The maximum atomic E-state index is 12.5. The first kappa shape index (κ1) is 19.3. The van der Waals surface area contributed by atoms with Crippen molar-refractivity contribution in [2.24, 2.45) is 12.0 Å². The van der Waals surface area contributed by atoms with Gasteiger partial charge in [0.1, 0.15) is 0 Å². The van der Waals surface area contributed by atoms with E-state index in [0.29, 0.717) is 15.8 Å². The SMILES string of the molecule is Cc1c(C=C2SC(=Nc3ccc(Cl)c(C(=O)O)c3)NC2=O)c2ccccc2n1C. The molecular weight excluding hydrogens is 410 g/mol. The van der Waals surface area contributed by atoms with E-state index in [9.17, 15) is 14.7 Å². The first-order valence-electron chi connectivity index (χ1n) is 8.71. The zero-order valence-corrected chi connectivity index (χ0v) is 17.1. The lowest BCUT2D eigenvalue weighted by molar-refractivity contribution is -0.115. The van der Waals surface area contributed by atoms with Crippen molar-refractivity contribution in [2.45, 2.75) is 6.92 Å². The Morgan fingerprint density at radius 3 is 2.79 bits per heavy atom. The van der Waals surface area contributed by atoms with Crippen LogP contribution in [0.2, 0.25) is 5.02 Å². The van der Waals surface area contributed by atoms with E-state index < -0.39 is 5.97 Å². The van der Waals surface area contributed by atoms with Crippen molar-refractivity contribution in [2.75, 3.05) is 0 Å². The highest BCUT2D eigenvalue weighted by Gasteiger charge is 2.25. The molecule has 1 aliphatic heterocycles. The van der Waals surface area contributed by atoms with Crippen LogP contribution in [0.3, 0.4) is 0 Å².